The van der Waals surface area contributed by atoms with Crippen molar-refractivity contribution < 1.29 is 40.9 Å². The predicted octanol–water partition coefficient (Wildman–Crippen LogP) is 4.89. The van der Waals surface area contributed by atoms with Crippen molar-refractivity contribution in [3.05, 3.63) is 68.3 Å². The average molecular weight is 477 g/mol. The first-order chi connectivity index (χ1) is 15.1. The van der Waals surface area contributed by atoms with Gasteiger partial charge in [0.1, 0.15) is 6.42 Å². The monoisotopic (exact) mass is 477 g/mol. The molecule has 0 aliphatic heterocycles. The summed E-state index contributed by atoms with van der Waals surface area (Å²) >= 11 is 0. The maximum Gasteiger partial charge on any atom is 0.417 e. The van der Waals surface area contributed by atoms with Crippen LogP contribution >= 0.6 is 0 Å². The Morgan fingerprint density at radius 3 is 2.06 bits per heavy atom. The number of anilines is 1. The topological polar surface area (TPSA) is 101 Å². The van der Waals surface area contributed by atoms with Crippen molar-refractivity contribution in [3.63, 3.8) is 0 Å². The summed E-state index contributed by atoms with van der Waals surface area (Å²) in [6.07, 6.45) is -11.4. The van der Waals surface area contributed by atoms with E-state index in [4.69, 9.17) is 0 Å². The molecule has 0 spiro atoms. The van der Waals surface area contributed by atoms with Crippen LogP contribution in [0.15, 0.2) is 30.3 Å². The first-order valence-electron chi connectivity index (χ1n) is 9.19. The lowest BCUT2D eigenvalue weighted by Crippen LogP contribution is -2.28. The molecule has 0 bridgehead atoms. The predicted molar refractivity (Wildman–Crippen MR) is 104 cm³/mol. The van der Waals surface area contributed by atoms with Crippen LogP contribution in [0.5, 0.6) is 0 Å². The van der Waals surface area contributed by atoms with E-state index in [1.807, 2.05) is 5.32 Å². The molecule has 0 saturated carbocycles. The fourth-order valence-electron chi connectivity index (χ4n) is 2.96. The molecule has 0 radical (unpaired) electrons. The summed E-state index contributed by atoms with van der Waals surface area (Å²) in [4.78, 5) is 34.3. The lowest BCUT2D eigenvalue weighted by atomic mass is 10.0. The lowest BCUT2D eigenvalue weighted by Gasteiger charge is -2.17. The van der Waals surface area contributed by atoms with Crippen LogP contribution in [-0.2, 0) is 28.5 Å². The number of hydrogen-bond acceptors (Lipinski definition) is 4. The van der Waals surface area contributed by atoms with Crippen molar-refractivity contribution in [3.8, 4) is 0 Å². The number of amides is 2. The summed E-state index contributed by atoms with van der Waals surface area (Å²) in [5.74, 6) is -1.86. The van der Waals surface area contributed by atoms with Gasteiger partial charge in [0, 0.05) is 23.9 Å². The minimum atomic E-state index is -5.32. The highest BCUT2D eigenvalue weighted by Gasteiger charge is 2.43. The van der Waals surface area contributed by atoms with Crippen LogP contribution in [0.25, 0.3) is 0 Å². The minimum absolute atomic E-state index is 0.0741. The smallest absolute Gasteiger partial charge is 0.352 e. The van der Waals surface area contributed by atoms with Crippen LogP contribution in [0.3, 0.4) is 0 Å². The quantitative estimate of drug-likeness (QED) is 0.268. The third kappa shape index (κ3) is 6.67. The van der Waals surface area contributed by atoms with Gasteiger partial charge in [-0.3, -0.25) is 19.7 Å². The van der Waals surface area contributed by atoms with Crippen LogP contribution in [0.4, 0.5) is 37.7 Å². The highest BCUT2D eigenvalue weighted by atomic mass is 19.4. The Bertz CT molecular complexity index is 1100. The maximum atomic E-state index is 13.0. The van der Waals surface area contributed by atoms with E-state index in [0.29, 0.717) is 22.8 Å². The van der Waals surface area contributed by atoms with E-state index in [0.717, 1.165) is 0 Å². The van der Waals surface area contributed by atoms with Gasteiger partial charge >= 0.3 is 12.4 Å². The molecule has 0 fully saturated rings. The van der Waals surface area contributed by atoms with E-state index < -0.39 is 52.3 Å². The molecule has 33 heavy (non-hydrogen) atoms. The zero-order chi connectivity index (χ0) is 25.1. The summed E-state index contributed by atoms with van der Waals surface area (Å²) in [6, 6.07) is 3.80. The summed E-state index contributed by atoms with van der Waals surface area (Å²) in [6.45, 7) is 3.02. The largest absolute Gasteiger partial charge is 0.417 e. The molecule has 2 aromatic rings. The molecule has 0 heterocycles. The first kappa shape index (κ1) is 25.6. The summed E-state index contributed by atoms with van der Waals surface area (Å²) in [7, 11) is 0. The first-order valence-corrected chi connectivity index (χ1v) is 9.19. The van der Waals surface area contributed by atoms with Gasteiger partial charge in [0.05, 0.1) is 16.1 Å². The van der Waals surface area contributed by atoms with Gasteiger partial charge in [-0.1, -0.05) is 0 Å². The Balaban J connectivity index is 2.05. The SMILES string of the molecule is Cc1cc([N+](=O)[O-])c(C)cc1CNC(=O)CC(=O)Nc1ccc(C(F)(F)F)c(C(F)(F)F)c1. The zero-order valence-corrected chi connectivity index (χ0v) is 17.1. The number of halogens is 6. The second-order valence-electron chi connectivity index (χ2n) is 7.08. The average Bonchev–Trinajstić information content (AvgIpc) is 2.66. The molecule has 0 unspecified atom stereocenters. The van der Waals surface area contributed by atoms with Gasteiger partial charge < -0.3 is 10.6 Å². The fraction of sp³-hybridized carbons (Fsp3) is 0.300. The van der Waals surface area contributed by atoms with Gasteiger partial charge in [0.25, 0.3) is 5.69 Å². The molecule has 2 N–H and O–H groups in total. The molecule has 13 heteroatoms. The van der Waals surface area contributed by atoms with E-state index in [-0.39, 0.29) is 24.4 Å². The Kier molecular flexibility index (Phi) is 7.35. The van der Waals surface area contributed by atoms with Crippen molar-refractivity contribution in [2.24, 2.45) is 0 Å². The molecule has 2 rings (SSSR count). The third-order valence-electron chi connectivity index (χ3n) is 4.56. The normalized spacial score (nSPS) is 11.8. The Hall–Kier alpha value is -3.64. The number of rotatable bonds is 6. The van der Waals surface area contributed by atoms with Gasteiger partial charge in [-0.05, 0) is 49.2 Å². The van der Waals surface area contributed by atoms with Crippen LogP contribution < -0.4 is 10.6 Å². The molecule has 0 saturated heterocycles. The van der Waals surface area contributed by atoms with E-state index in [1.54, 1.807) is 6.92 Å². The van der Waals surface area contributed by atoms with E-state index in [1.165, 1.54) is 19.1 Å². The second kappa shape index (κ2) is 9.46. The fourth-order valence-corrected chi connectivity index (χ4v) is 2.96. The van der Waals surface area contributed by atoms with Gasteiger partial charge in [0.15, 0.2) is 0 Å². The third-order valence-corrected chi connectivity index (χ3v) is 4.56. The molecule has 0 aliphatic carbocycles. The number of nitrogens with zero attached hydrogens (tertiary/aromatic N) is 1. The van der Waals surface area contributed by atoms with E-state index >= 15 is 0 Å². The molecular formula is C20H17F6N3O4. The van der Waals surface area contributed by atoms with Crippen LogP contribution in [-0.4, -0.2) is 16.7 Å². The van der Waals surface area contributed by atoms with Crippen molar-refractivity contribution in [1.82, 2.24) is 5.32 Å². The molecule has 178 valence electrons. The molecule has 7 nitrogen and oxygen atoms in total. The van der Waals surface area contributed by atoms with Gasteiger partial charge in [-0.25, -0.2) is 0 Å². The molecular weight excluding hydrogens is 460 g/mol. The number of nitro groups is 1. The van der Waals surface area contributed by atoms with Gasteiger partial charge in [-0.2, -0.15) is 26.3 Å². The summed E-state index contributed by atoms with van der Waals surface area (Å²) in [5, 5.41) is 15.3. The second-order valence-corrected chi connectivity index (χ2v) is 7.08. The van der Waals surface area contributed by atoms with Crippen LogP contribution in [0.2, 0.25) is 0 Å². The molecule has 2 amide bonds. The zero-order valence-electron chi connectivity index (χ0n) is 17.1. The number of hydrogen-bond donors (Lipinski definition) is 2. The van der Waals surface area contributed by atoms with Crippen LogP contribution in [0.1, 0.15) is 34.2 Å². The van der Waals surface area contributed by atoms with Gasteiger partial charge in [0.2, 0.25) is 11.8 Å². The highest BCUT2D eigenvalue weighted by Crippen LogP contribution is 2.41. The number of benzene rings is 2. The summed E-state index contributed by atoms with van der Waals surface area (Å²) in [5.41, 5.74) is -3.12. The van der Waals surface area contributed by atoms with Crippen molar-refractivity contribution in [1.29, 1.82) is 0 Å². The number of carbonyl (C=O) groups excluding carboxylic acids is 2. The highest BCUT2D eigenvalue weighted by molar-refractivity contribution is 6.03. The molecule has 0 atom stereocenters. The van der Waals surface area contributed by atoms with E-state index in [9.17, 15) is 46.0 Å². The number of alkyl halides is 6. The Labute approximate surface area is 182 Å². The number of nitro benzene ring substituents is 1. The summed E-state index contributed by atoms with van der Waals surface area (Å²) < 4.78 is 77.4. The van der Waals surface area contributed by atoms with Crippen molar-refractivity contribution in [2.45, 2.75) is 39.2 Å². The number of aryl methyl sites for hydroxylation is 2. The Morgan fingerprint density at radius 1 is 0.909 bits per heavy atom. The minimum Gasteiger partial charge on any atom is -0.352 e. The van der Waals surface area contributed by atoms with Crippen molar-refractivity contribution in [2.75, 3.05) is 5.32 Å². The van der Waals surface area contributed by atoms with Crippen LogP contribution in [0, 0.1) is 24.0 Å². The molecule has 0 aromatic heterocycles. The standard InChI is InChI=1S/C20H17F6N3O4/c1-10-6-16(29(32)33)11(2)5-12(10)9-27-17(30)8-18(31)28-13-3-4-14(19(21,22)23)15(7-13)20(24,25)26/h3-7H,8-9H2,1-2H3,(H,27,30)(H,28,31). The Morgan fingerprint density at radius 2 is 1.52 bits per heavy atom. The maximum absolute atomic E-state index is 13.0. The van der Waals surface area contributed by atoms with Crippen molar-refractivity contribution >= 4 is 23.2 Å². The number of carbonyl (C=O) groups is 2. The van der Waals surface area contributed by atoms with Gasteiger partial charge in [-0.15, -0.1) is 0 Å². The number of nitrogens with one attached hydrogen (secondary N) is 2. The molecule has 0 aliphatic rings. The van der Waals surface area contributed by atoms with E-state index in [2.05, 4.69) is 5.32 Å². The molecule has 2 aromatic carbocycles. The lowest BCUT2D eigenvalue weighted by molar-refractivity contribution is -0.385.